The van der Waals surface area contributed by atoms with E-state index in [1.54, 1.807) is 31.8 Å². The maximum atomic E-state index is 11.4. The molecule has 0 aliphatic heterocycles. The Labute approximate surface area is 88.6 Å². The average molecular weight is 212 g/mol. The standard InChI is InChI=1S/C9H16N4O2/c1-9(2,8(14)15-4)10-5-7-6-11-12-13(7)3/h6,10H,5H2,1-4H3. The first-order valence-corrected chi connectivity index (χ1v) is 4.64. The summed E-state index contributed by atoms with van der Waals surface area (Å²) in [5, 5.41) is 10.6. The van der Waals surface area contributed by atoms with Crippen molar-refractivity contribution in [1.82, 2.24) is 20.3 Å². The van der Waals surface area contributed by atoms with E-state index in [1.165, 1.54) is 7.11 Å². The van der Waals surface area contributed by atoms with Crippen LogP contribution in [-0.2, 0) is 23.1 Å². The van der Waals surface area contributed by atoms with E-state index in [1.807, 2.05) is 0 Å². The van der Waals surface area contributed by atoms with Gasteiger partial charge in [-0.15, -0.1) is 5.10 Å². The first-order valence-electron chi connectivity index (χ1n) is 4.64. The zero-order valence-corrected chi connectivity index (χ0v) is 9.44. The fourth-order valence-corrected chi connectivity index (χ4v) is 1.11. The maximum absolute atomic E-state index is 11.4. The van der Waals surface area contributed by atoms with Crippen molar-refractivity contribution >= 4 is 5.97 Å². The third kappa shape index (κ3) is 2.76. The Hall–Kier alpha value is -1.43. The first kappa shape index (κ1) is 11.6. The number of aromatic nitrogens is 3. The van der Waals surface area contributed by atoms with Crippen molar-refractivity contribution in [3.63, 3.8) is 0 Å². The van der Waals surface area contributed by atoms with Crippen molar-refractivity contribution in [2.24, 2.45) is 7.05 Å². The summed E-state index contributed by atoms with van der Waals surface area (Å²) in [4.78, 5) is 11.4. The molecule has 0 amide bonds. The summed E-state index contributed by atoms with van der Waals surface area (Å²) in [7, 11) is 3.17. The van der Waals surface area contributed by atoms with Crippen molar-refractivity contribution in [3.8, 4) is 0 Å². The Balaban J connectivity index is 2.57. The number of aryl methyl sites for hydroxylation is 1. The van der Waals surface area contributed by atoms with Gasteiger partial charge in [0.25, 0.3) is 0 Å². The molecule has 1 N–H and O–H groups in total. The summed E-state index contributed by atoms with van der Waals surface area (Å²) in [6, 6.07) is 0. The average Bonchev–Trinajstić information content (AvgIpc) is 2.60. The van der Waals surface area contributed by atoms with Gasteiger partial charge in [0.1, 0.15) is 5.54 Å². The number of rotatable bonds is 4. The molecule has 1 rings (SSSR count). The quantitative estimate of drug-likeness (QED) is 0.703. The number of carbonyl (C=O) groups excluding carboxylic acids is 1. The van der Waals surface area contributed by atoms with Crippen molar-refractivity contribution in [1.29, 1.82) is 0 Å². The smallest absolute Gasteiger partial charge is 0.325 e. The van der Waals surface area contributed by atoms with Crippen LogP contribution < -0.4 is 5.32 Å². The molecular weight excluding hydrogens is 196 g/mol. The van der Waals surface area contributed by atoms with Gasteiger partial charge in [0.2, 0.25) is 0 Å². The van der Waals surface area contributed by atoms with Crippen LogP contribution in [0.2, 0.25) is 0 Å². The topological polar surface area (TPSA) is 69.0 Å². The van der Waals surface area contributed by atoms with Crippen LogP contribution in [0, 0.1) is 0 Å². The second-order valence-corrected chi connectivity index (χ2v) is 3.82. The number of nitrogens with zero attached hydrogens (tertiary/aromatic N) is 3. The lowest BCUT2D eigenvalue weighted by Gasteiger charge is -2.22. The monoisotopic (exact) mass is 212 g/mol. The van der Waals surface area contributed by atoms with E-state index in [4.69, 9.17) is 0 Å². The molecule has 0 spiro atoms. The van der Waals surface area contributed by atoms with Crippen LogP contribution in [0.3, 0.4) is 0 Å². The van der Waals surface area contributed by atoms with Crippen molar-refractivity contribution in [2.45, 2.75) is 25.9 Å². The first-order chi connectivity index (χ1) is 6.97. The fourth-order valence-electron chi connectivity index (χ4n) is 1.11. The van der Waals surface area contributed by atoms with Crippen LogP contribution >= 0.6 is 0 Å². The Morgan fingerprint density at radius 3 is 2.80 bits per heavy atom. The number of hydrogen-bond acceptors (Lipinski definition) is 5. The van der Waals surface area contributed by atoms with Gasteiger partial charge in [0.05, 0.1) is 19.0 Å². The normalized spacial score (nSPS) is 11.5. The fraction of sp³-hybridized carbons (Fsp3) is 0.667. The summed E-state index contributed by atoms with van der Waals surface area (Å²) in [6.45, 7) is 4.05. The van der Waals surface area contributed by atoms with E-state index in [2.05, 4.69) is 20.4 Å². The predicted octanol–water partition coefficient (Wildman–Crippen LogP) is -0.144. The molecule has 15 heavy (non-hydrogen) atoms. The van der Waals surface area contributed by atoms with Gasteiger partial charge in [0.15, 0.2) is 0 Å². The number of methoxy groups -OCH3 is 1. The Bertz CT molecular complexity index is 346. The van der Waals surface area contributed by atoms with E-state index < -0.39 is 5.54 Å². The molecule has 0 saturated carbocycles. The second kappa shape index (κ2) is 4.39. The highest BCUT2D eigenvalue weighted by atomic mass is 16.5. The van der Waals surface area contributed by atoms with E-state index >= 15 is 0 Å². The van der Waals surface area contributed by atoms with Gasteiger partial charge >= 0.3 is 5.97 Å². The molecule has 84 valence electrons. The van der Waals surface area contributed by atoms with E-state index in [-0.39, 0.29) is 5.97 Å². The number of carbonyl (C=O) groups is 1. The number of nitrogens with one attached hydrogen (secondary N) is 1. The van der Waals surface area contributed by atoms with E-state index in [0.29, 0.717) is 6.54 Å². The molecule has 0 unspecified atom stereocenters. The molecule has 0 saturated heterocycles. The largest absolute Gasteiger partial charge is 0.468 e. The maximum Gasteiger partial charge on any atom is 0.325 e. The molecule has 6 heteroatoms. The van der Waals surface area contributed by atoms with Gasteiger partial charge in [0, 0.05) is 13.6 Å². The highest BCUT2D eigenvalue weighted by molar-refractivity contribution is 5.79. The lowest BCUT2D eigenvalue weighted by atomic mass is 10.1. The Morgan fingerprint density at radius 1 is 1.67 bits per heavy atom. The highest BCUT2D eigenvalue weighted by Crippen LogP contribution is 2.06. The van der Waals surface area contributed by atoms with Gasteiger partial charge in [-0.25, -0.2) is 0 Å². The summed E-state index contributed by atoms with van der Waals surface area (Å²) >= 11 is 0. The molecule has 6 nitrogen and oxygen atoms in total. The van der Waals surface area contributed by atoms with Gasteiger partial charge in [-0.2, -0.15) is 0 Å². The number of ether oxygens (including phenoxy) is 1. The molecule has 0 atom stereocenters. The zero-order valence-electron chi connectivity index (χ0n) is 9.44. The Kier molecular flexibility index (Phi) is 3.41. The van der Waals surface area contributed by atoms with Crippen LogP contribution in [0.25, 0.3) is 0 Å². The van der Waals surface area contributed by atoms with Gasteiger partial charge < -0.3 is 4.74 Å². The third-order valence-electron chi connectivity index (χ3n) is 2.22. The number of hydrogen-bond donors (Lipinski definition) is 1. The minimum Gasteiger partial charge on any atom is -0.468 e. The number of esters is 1. The molecule has 0 bridgehead atoms. The molecule has 0 fully saturated rings. The molecule has 1 aromatic heterocycles. The van der Waals surface area contributed by atoms with Crippen molar-refractivity contribution in [3.05, 3.63) is 11.9 Å². The summed E-state index contributed by atoms with van der Waals surface area (Å²) < 4.78 is 6.33. The molecule has 1 aromatic rings. The lowest BCUT2D eigenvalue weighted by molar-refractivity contribution is -0.147. The highest BCUT2D eigenvalue weighted by Gasteiger charge is 2.27. The second-order valence-electron chi connectivity index (χ2n) is 3.82. The van der Waals surface area contributed by atoms with Crippen LogP contribution in [0.4, 0.5) is 0 Å². The molecule has 0 radical (unpaired) electrons. The molecule has 1 heterocycles. The van der Waals surface area contributed by atoms with E-state index in [0.717, 1.165) is 5.69 Å². The van der Waals surface area contributed by atoms with Crippen LogP contribution in [0.5, 0.6) is 0 Å². The van der Waals surface area contributed by atoms with Gasteiger partial charge in [-0.1, -0.05) is 5.21 Å². The van der Waals surface area contributed by atoms with Crippen molar-refractivity contribution < 1.29 is 9.53 Å². The molecule has 0 aromatic carbocycles. The van der Waals surface area contributed by atoms with E-state index in [9.17, 15) is 4.79 Å². The molecule has 0 aliphatic rings. The SMILES string of the molecule is COC(=O)C(C)(C)NCc1cnnn1C. The summed E-state index contributed by atoms with van der Waals surface area (Å²) in [5.41, 5.74) is 0.200. The van der Waals surface area contributed by atoms with Crippen LogP contribution in [0.1, 0.15) is 19.5 Å². The zero-order chi connectivity index (χ0) is 11.5. The van der Waals surface area contributed by atoms with Crippen LogP contribution in [0.15, 0.2) is 6.20 Å². The van der Waals surface area contributed by atoms with Crippen LogP contribution in [-0.4, -0.2) is 33.6 Å². The third-order valence-corrected chi connectivity index (χ3v) is 2.22. The lowest BCUT2D eigenvalue weighted by Crippen LogP contribution is -2.47. The van der Waals surface area contributed by atoms with Gasteiger partial charge in [-0.05, 0) is 13.8 Å². The summed E-state index contributed by atoms with van der Waals surface area (Å²) in [6.07, 6.45) is 1.65. The molecule has 0 aliphatic carbocycles. The van der Waals surface area contributed by atoms with Gasteiger partial charge in [-0.3, -0.25) is 14.8 Å². The minimum atomic E-state index is -0.709. The molecular formula is C9H16N4O2. The van der Waals surface area contributed by atoms with Crippen molar-refractivity contribution in [2.75, 3.05) is 7.11 Å². The Morgan fingerprint density at radius 2 is 2.33 bits per heavy atom. The predicted molar refractivity (Wildman–Crippen MR) is 53.9 cm³/mol. The minimum absolute atomic E-state index is 0.294. The summed E-state index contributed by atoms with van der Waals surface area (Å²) in [5.74, 6) is -0.294.